The van der Waals surface area contributed by atoms with Crippen molar-refractivity contribution in [1.82, 2.24) is 29.4 Å². The number of ether oxygens (including phenoxy) is 1. The van der Waals surface area contributed by atoms with Gasteiger partial charge >= 0.3 is 0 Å². The molecule has 2 saturated heterocycles. The zero-order valence-electron chi connectivity index (χ0n) is 22.6. The lowest BCUT2D eigenvalue weighted by Crippen LogP contribution is -2.65. The highest BCUT2D eigenvalue weighted by molar-refractivity contribution is 6.36. The van der Waals surface area contributed by atoms with Gasteiger partial charge in [-0.1, -0.05) is 11.6 Å². The number of methoxy groups -OCH3 is 1. The second-order valence-electron chi connectivity index (χ2n) is 10.7. The summed E-state index contributed by atoms with van der Waals surface area (Å²) in [6.07, 6.45) is 3.59. The van der Waals surface area contributed by atoms with Crippen LogP contribution in [-0.4, -0.2) is 100 Å². The van der Waals surface area contributed by atoms with Gasteiger partial charge in [-0.25, -0.2) is 0 Å². The van der Waals surface area contributed by atoms with E-state index in [-0.39, 0.29) is 12.0 Å². The second-order valence-corrected chi connectivity index (χ2v) is 11.1. The van der Waals surface area contributed by atoms with E-state index in [0.717, 1.165) is 64.4 Å². The third kappa shape index (κ3) is 5.23. The molecule has 12 nitrogen and oxygen atoms in total. The van der Waals surface area contributed by atoms with E-state index in [0.29, 0.717) is 45.5 Å². The van der Waals surface area contributed by atoms with Crippen LogP contribution in [0.1, 0.15) is 30.9 Å². The number of nitrogens with one attached hydrogen (secondary N) is 2. The highest BCUT2D eigenvalue weighted by Crippen LogP contribution is 2.38. The van der Waals surface area contributed by atoms with Gasteiger partial charge in [0.1, 0.15) is 11.6 Å². The summed E-state index contributed by atoms with van der Waals surface area (Å²) < 4.78 is 6.75. The molecule has 2 aliphatic heterocycles. The van der Waals surface area contributed by atoms with E-state index in [2.05, 4.69) is 59.5 Å². The number of hydrogen-bond donors (Lipinski definition) is 2. The first-order valence-corrected chi connectivity index (χ1v) is 14.0. The predicted molar refractivity (Wildman–Crippen MR) is 152 cm³/mol. The Morgan fingerprint density at radius 3 is 2.65 bits per heavy atom. The number of nitrogens with zero attached hydrogens (tertiary/aromatic N) is 9. The third-order valence-electron chi connectivity index (χ3n) is 7.86. The van der Waals surface area contributed by atoms with Crippen LogP contribution < -0.4 is 15.5 Å². The van der Waals surface area contributed by atoms with Gasteiger partial charge in [-0.15, -0.1) is 0 Å². The monoisotopic (exact) mass is 561 g/mol. The van der Waals surface area contributed by atoms with E-state index >= 15 is 0 Å². The van der Waals surface area contributed by atoms with E-state index in [4.69, 9.17) is 16.3 Å². The molecule has 1 saturated carbocycles. The summed E-state index contributed by atoms with van der Waals surface area (Å²) in [5, 5.41) is 30.7. The fourth-order valence-corrected chi connectivity index (χ4v) is 5.73. The maximum atomic E-state index is 9.83. The number of halogens is 1. The van der Waals surface area contributed by atoms with Gasteiger partial charge in [0.05, 0.1) is 40.8 Å². The van der Waals surface area contributed by atoms with Crippen LogP contribution in [0.2, 0.25) is 5.02 Å². The number of rotatable bonds is 9. The summed E-state index contributed by atoms with van der Waals surface area (Å²) in [6.45, 7) is 8.74. The number of anilines is 4. The summed E-state index contributed by atoms with van der Waals surface area (Å²) in [5.74, 6) is 0.780. The fourth-order valence-electron chi connectivity index (χ4n) is 5.46. The minimum Gasteiger partial charge on any atom is -0.383 e. The molecule has 3 fully saturated rings. The molecule has 6 rings (SSSR count). The van der Waals surface area contributed by atoms with Crippen LogP contribution in [0.3, 0.4) is 0 Å². The molecule has 0 radical (unpaired) electrons. The summed E-state index contributed by atoms with van der Waals surface area (Å²) in [7, 11) is 1.74. The first-order valence-electron chi connectivity index (χ1n) is 13.6. The van der Waals surface area contributed by atoms with Crippen LogP contribution in [0.4, 0.5) is 23.3 Å². The highest BCUT2D eigenvalue weighted by Gasteiger charge is 2.36. The SMILES string of the molecule is COCCN1CC(N2CCN(c3cc(C#N)cc(Nc4nc(NC5CC5)n5ncc(C#N)c5n4)c3Cl)[C@@H](C)C2)C1. The van der Waals surface area contributed by atoms with Crippen molar-refractivity contribution in [3.63, 3.8) is 0 Å². The first kappa shape index (κ1) is 26.5. The molecule has 40 heavy (non-hydrogen) atoms. The molecule has 208 valence electrons. The van der Waals surface area contributed by atoms with Gasteiger partial charge in [0, 0.05) is 64.5 Å². The van der Waals surface area contributed by atoms with Crippen molar-refractivity contribution in [2.24, 2.45) is 0 Å². The number of benzene rings is 1. The summed E-state index contributed by atoms with van der Waals surface area (Å²) in [4.78, 5) is 16.4. The number of nitriles is 2. The zero-order chi connectivity index (χ0) is 27.8. The number of hydrogen-bond acceptors (Lipinski definition) is 11. The summed E-state index contributed by atoms with van der Waals surface area (Å²) >= 11 is 6.99. The normalized spacial score (nSPS) is 20.2. The molecule has 2 N–H and O–H groups in total. The van der Waals surface area contributed by atoms with E-state index < -0.39 is 0 Å². The molecule has 1 aromatic carbocycles. The molecule has 2 aromatic heterocycles. The Morgan fingerprint density at radius 2 is 1.95 bits per heavy atom. The van der Waals surface area contributed by atoms with Crippen LogP contribution in [0.5, 0.6) is 0 Å². The standard InChI is InChI=1S/C27H32ClN11O/c1-17-14-37(21-15-36(16-21)7-8-40-2)5-6-38(17)23-10-18(11-29)9-22(24(23)28)33-26-34-25-19(12-30)13-31-39(25)27(35-26)32-20-3-4-20/h9-10,13,17,20-21H,3-8,14-16H2,1-2H3,(H2,32,33,34,35)/t17-/m0/s1. The molecule has 13 heteroatoms. The lowest BCUT2D eigenvalue weighted by Gasteiger charge is -2.50. The quantitative estimate of drug-likeness (QED) is 0.399. The van der Waals surface area contributed by atoms with Crippen molar-refractivity contribution in [2.45, 2.75) is 37.9 Å². The van der Waals surface area contributed by atoms with Crippen LogP contribution >= 0.6 is 11.6 Å². The maximum absolute atomic E-state index is 9.83. The molecular weight excluding hydrogens is 530 g/mol. The Hall–Kier alpha value is -3.68. The van der Waals surface area contributed by atoms with Crippen molar-refractivity contribution in [3.8, 4) is 12.1 Å². The van der Waals surface area contributed by atoms with Crippen molar-refractivity contribution in [1.29, 1.82) is 10.5 Å². The number of fused-ring (bicyclic) bond motifs is 1. The molecule has 1 atom stereocenters. The van der Waals surface area contributed by atoms with Crippen LogP contribution in [-0.2, 0) is 4.74 Å². The Bertz CT molecular complexity index is 1480. The molecule has 3 aromatic rings. The van der Waals surface area contributed by atoms with Gasteiger partial charge in [-0.2, -0.15) is 30.1 Å². The summed E-state index contributed by atoms with van der Waals surface area (Å²) in [5.41, 5.74) is 2.59. The Balaban J connectivity index is 1.23. The van der Waals surface area contributed by atoms with Crippen LogP contribution in [0.25, 0.3) is 5.65 Å². The fraction of sp³-hybridized carbons (Fsp3) is 0.519. The molecule has 4 heterocycles. The number of aromatic nitrogens is 4. The van der Waals surface area contributed by atoms with E-state index in [1.165, 1.54) is 6.20 Å². The number of likely N-dealkylation sites (tertiary alicyclic amines) is 1. The van der Waals surface area contributed by atoms with Gasteiger partial charge in [-0.3, -0.25) is 9.80 Å². The molecule has 0 amide bonds. The van der Waals surface area contributed by atoms with Crippen molar-refractivity contribution >= 4 is 40.5 Å². The molecule has 0 bridgehead atoms. The predicted octanol–water partition coefficient (Wildman–Crippen LogP) is 2.68. The average molecular weight is 562 g/mol. The number of piperazine rings is 1. The lowest BCUT2D eigenvalue weighted by molar-refractivity contribution is 0.0109. The van der Waals surface area contributed by atoms with Gasteiger partial charge in [0.15, 0.2) is 5.65 Å². The second kappa shape index (κ2) is 11.1. The van der Waals surface area contributed by atoms with Gasteiger partial charge in [0.2, 0.25) is 11.9 Å². The van der Waals surface area contributed by atoms with Gasteiger partial charge in [0.25, 0.3) is 0 Å². The Labute approximate surface area is 238 Å². The van der Waals surface area contributed by atoms with Crippen LogP contribution in [0, 0.1) is 22.7 Å². The Morgan fingerprint density at radius 1 is 1.12 bits per heavy atom. The summed E-state index contributed by atoms with van der Waals surface area (Å²) in [6, 6.07) is 9.07. The van der Waals surface area contributed by atoms with E-state index in [9.17, 15) is 10.5 Å². The highest BCUT2D eigenvalue weighted by atomic mass is 35.5. The minimum atomic E-state index is 0.216. The van der Waals surface area contributed by atoms with E-state index in [1.54, 1.807) is 17.7 Å². The van der Waals surface area contributed by atoms with Crippen molar-refractivity contribution in [2.75, 3.05) is 68.5 Å². The van der Waals surface area contributed by atoms with E-state index in [1.807, 2.05) is 6.07 Å². The lowest BCUT2D eigenvalue weighted by atomic mass is 10.0. The first-order chi connectivity index (χ1) is 19.5. The smallest absolute Gasteiger partial charge is 0.232 e. The largest absolute Gasteiger partial charge is 0.383 e. The minimum absolute atomic E-state index is 0.216. The van der Waals surface area contributed by atoms with Crippen molar-refractivity contribution < 1.29 is 4.74 Å². The molecule has 1 aliphatic carbocycles. The molecule has 0 spiro atoms. The average Bonchev–Trinajstić information content (AvgIpc) is 3.65. The Kier molecular flexibility index (Phi) is 7.34. The molecule has 3 aliphatic rings. The van der Waals surface area contributed by atoms with Gasteiger partial charge in [-0.05, 0) is 31.9 Å². The topological polar surface area (TPSA) is 134 Å². The van der Waals surface area contributed by atoms with Gasteiger partial charge < -0.3 is 20.3 Å². The molecule has 0 unspecified atom stereocenters. The third-order valence-corrected chi connectivity index (χ3v) is 8.26. The maximum Gasteiger partial charge on any atom is 0.232 e. The van der Waals surface area contributed by atoms with Crippen LogP contribution in [0.15, 0.2) is 18.3 Å². The zero-order valence-corrected chi connectivity index (χ0v) is 23.4. The molecular formula is C27H32ClN11O. The van der Waals surface area contributed by atoms with Crippen molar-refractivity contribution in [3.05, 3.63) is 34.5 Å².